The lowest BCUT2D eigenvalue weighted by Gasteiger charge is -2.17. The fourth-order valence-corrected chi connectivity index (χ4v) is 2.56. The molecule has 0 aliphatic heterocycles. The number of rotatable bonds is 4. The van der Waals surface area contributed by atoms with Crippen LogP contribution >= 0.6 is 11.6 Å². The number of aromatic nitrogens is 2. The minimum absolute atomic E-state index is 0.0919. The normalized spacial score (nSPS) is 12.0. The third-order valence-electron chi connectivity index (χ3n) is 3.71. The van der Waals surface area contributed by atoms with Crippen molar-refractivity contribution in [3.05, 3.63) is 61.8 Å². The maximum absolute atomic E-state index is 13.8. The molecule has 0 amide bonds. The van der Waals surface area contributed by atoms with E-state index in [0.717, 1.165) is 4.90 Å². The molecule has 1 unspecified atom stereocenters. The van der Waals surface area contributed by atoms with Gasteiger partial charge in [-0.3, -0.25) is 4.79 Å². The van der Waals surface area contributed by atoms with Gasteiger partial charge in [-0.05, 0) is 31.5 Å². The van der Waals surface area contributed by atoms with Crippen LogP contribution in [0, 0.1) is 31.0 Å². The number of nitrogens with zero attached hydrogens (tertiary/aromatic N) is 3. The van der Waals surface area contributed by atoms with Gasteiger partial charge in [0.15, 0.2) is 6.67 Å². The van der Waals surface area contributed by atoms with Gasteiger partial charge in [0.05, 0.1) is 23.3 Å². The maximum Gasteiger partial charge on any atom is 0.289 e. The highest BCUT2D eigenvalue weighted by Crippen LogP contribution is 2.17. The van der Waals surface area contributed by atoms with Crippen LogP contribution in [0.1, 0.15) is 22.4 Å². The van der Waals surface area contributed by atoms with Crippen LogP contribution in [-0.2, 0) is 13.2 Å². The monoisotopic (exact) mass is 335 g/mol. The number of quaternary nitrogens is 1. The smallest absolute Gasteiger partial charge is 0.289 e. The molecule has 0 aliphatic carbocycles. The fraction of sp³-hybridized carbons (Fsp3) is 0.312. The molecule has 120 valence electrons. The van der Waals surface area contributed by atoms with Crippen molar-refractivity contribution < 1.29 is 9.29 Å². The first-order valence-electron chi connectivity index (χ1n) is 7.07. The van der Waals surface area contributed by atoms with E-state index in [1.54, 1.807) is 33.0 Å². The lowest BCUT2D eigenvalue weighted by molar-refractivity contribution is -0.917. The molecule has 1 heterocycles. The first kappa shape index (κ1) is 17.1. The van der Waals surface area contributed by atoms with E-state index >= 15 is 0 Å². The van der Waals surface area contributed by atoms with Gasteiger partial charge in [0.25, 0.3) is 5.56 Å². The number of benzene rings is 1. The second-order valence-electron chi connectivity index (χ2n) is 5.49. The lowest BCUT2D eigenvalue weighted by atomic mass is 10.1. The van der Waals surface area contributed by atoms with E-state index in [2.05, 4.69) is 5.10 Å². The molecular formula is C16H17ClFN4O+. The lowest BCUT2D eigenvalue weighted by Crippen LogP contribution is -3.07. The second kappa shape index (κ2) is 6.90. The summed E-state index contributed by atoms with van der Waals surface area (Å²) in [6, 6.07) is 6.45. The summed E-state index contributed by atoms with van der Waals surface area (Å²) in [5.41, 5.74) is 1.26. The second-order valence-corrected chi connectivity index (χ2v) is 5.90. The van der Waals surface area contributed by atoms with Gasteiger partial charge in [0, 0.05) is 0 Å². The summed E-state index contributed by atoms with van der Waals surface area (Å²) >= 11 is 6.02. The van der Waals surface area contributed by atoms with E-state index in [4.69, 9.17) is 16.9 Å². The van der Waals surface area contributed by atoms with Gasteiger partial charge in [0.1, 0.15) is 24.0 Å². The zero-order chi connectivity index (χ0) is 17.1. The van der Waals surface area contributed by atoms with E-state index in [1.807, 2.05) is 6.07 Å². The molecule has 23 heavy (non-hydrogen) atoms. The Bertz CT molecular complexity index is 821. The van der Waals surface area contributed by atoms with Crippen molar-refractivity contribution in [2.24, 2.45) is 0 Å². The molecule has 0 fully saturated rings. The summed E-state index contributed by atoms with van der Waals surface area (Å²) in [5, 5.41) is 13.7. The first-order valence-corrected chi connectivity index (χ1v) is 7.45. The standard InChI is InChI=1S/C16H16ClFN4O/c1-10-11(2)20-22(16(23)12(10)7-19)9-21(3)8-13-14(17)5-4-6-15(13)18/h4-6H,8-9H2,1-3H3/p+1. The van der Waals surface area contributed by atoms with Crippen molar-refractivity contribution in [1.29, 1.82) is 5.26 Å². The van der Waals surface area contributed by atoms with Crippen LogP contribution in [0.4, 0.5) is 4.39 Å². The first-order chi connectivity index (χ1) is 10.8. The zero-order valence-corrected chi connectivity index (χ0v) is 13.9. The predicted molar refractivity (Wildman–Crippen MR) is 84.7 cm³/mol. The number of nitrogens with one attached hydrogen (secondary N) is 1. The molecular weight excluding hydrogens is 319 g/mol. The van der Waals surface area contributed by atoms with E-state index in [9.17, 15) is 9.18 Å². The summed E-state index contributed by atoms with van der Waals surface area (Å²) < 4.78 is 15.1. The fourth-order valence-electron chi connectivity index (χ4n) is 2.33. The van der Waals surface area contributed by atoms with Crippen LogP contribution in [0.25, 0.3) is 0 Å². The van der Waals surface area contributed by atoms with Crippen LogP contribution < -0.4 is 10.5 Å². The largest absolute Gasteiger partial charge is 0.315 e. The summed E-state index contributed by atoms with van der Waals surface area (Å²) in [7, 11) is 1.80. The Morgan fingerprint density at radius 2 is 2.13 bits per heavy atom. The number of hydrogen-bond donors (Lipinski definition) is 1. The van der Waals surface area contributed by atoms with Gasteiger partial charge < -0.3 is 4.90 Å². The molecule has 0 radical (unpaired) electrons. The molecule has 0 bridgehead atoms. The van der Waals surface area contributed by atoms with Crippen molar-refractivity contribution in [3.8, 4) is 6.07 Å². The molecule has 7 heteroatoms. The van der Waals surface area contributed by atoms with E-state index in [0.29, 0.717) is 28.4 Å². The number of halogens is 2. The van der Waals surface area contributed by atoms with Crippen LogP contribution in [0.3, 0.4) is 0 Å². The van der Waals surface area contributed by atoms with Gasteiger partial charge in [-0.25, -0.2) is 4.39 Å². The molecule has 5 nitrogen and oxygen atoms in total. The Morgan fingerprint density at radius 3 is 2.74 bits per heavy atom. The molecule has 2 rings (SSSR count). The minimum atomic E-state index is -0.436. The van der Waals surface area contributed by atoms with Crippen molar-refractivity contribution in [1.82, 2.24) is 9.78 Å². The summed E-state index contributed by atoms with van der Waals surface area (Å²) in [4.78, 5) is 13.1. The minimum Gasteiger partial charge on any atom is -0.315 e. The van der Waals surface area contributed by atoms with E-state index in [1.165, 1.54) is 10.7 Å². The Kier molecular flexibility index (Phi) is 5.14. The average molecular weight is 336 g/mol. The number of nitriles is 1. The van der Waals surface area contributed by atoms with E-state index < -0.39 is 5.56 Å². The Balaban J connectivity index is 2.28. The maximum atomic E-state index is 13.8. The van der Waals surface area contributed by atoms with Crippen molar-refractivity contribution in [3.63, 3.8) is 0 Å². The molecule has 1 aromatic heterocycles. The topological polar surface area (TPSA) is 63.1 Å². The van der Waals surface area contributed by atoms with E-state index in [-0.39, 0.29) is 18.0 Å². The number of hydrogen-bond acceptors (Lipinski definition) is 3. The molecule has 1 N–H and O–H groups in total. The van der Waals surface area contributed by atoms with Crippen molar-refractivity contribution in [2.75, 3.05) is 7.05 Å². The summed E-state index contributed by atoms with van der Waals surface area (Å²) in [6.45, 7) is 3.95. The van der Waals surface area contributed by atoms with Crippen LogP contribution in [0.15, 0.2) is 23.0 Å². The predicted octanol–water partition coefficient (Wildman–Crippen LogP) is 1.20. The Morgan fingerprint density at radius 1 is 1.43 bits per heavy atom. The van der Waals surface area contributed by atoms with Crippen molar-refractivity contribution in [2.45, 2.75) is 27.1 Å². The van der Waals surface area contributed by atoms with Gasteiger partial charge in [-0.2, -0.15) is 15.0 Å². The molecule has 0 saturated carbocycles. The third kappa shape index (κ3) is 3.58. The molecule has 0 spiro atoms. The molecule has 0 saturated heterocycles. The molecule has 2 aromatic rings. The van der Waals surface area contributed by atoms with Crippen molar-refractivity contribution >= 4 is 11.6 Å². The van der Waals surface area contributed by atoms with Gasteiger partial charge in [0.2, 0.25) is 0 Å². The third-order valence-corrected chi connectivity index (χ3v) is 4.06. The van der Waals surface area contributed by atoms with Gasteiger partial charge >= 0.3 is 0 Å². The van der Waals surface area contributed by atoms with Gasteiger partial charge in [-0.1, -0.05) is 17.7 Å². The number of aryl methyl sites for hydroxylation is 1. The summed E-state index contributed by atoms with van der Waals surface area (Å²) in [5.74, 6) is -0.380. The van der Waals surface area contributed by atoms with Crippen LogP contribution in [0.5, 0.6) is 0 Å². The highest BCUT2D eigenvalue weighted by atomic mass is 35.5. The summed E-state index contributed by atoms with van der Waals surface area (Å²) in [6.07, 6.45) is 0. The Labute approximate surface area is 138 Å². The highest BCUT2D eigenvalue weighted by molar-refractivity contribution is 6.31. The molecule has 1 atom stereocenters. The quantitative estimate of drug-likeness (QED) is 0.913. The van der Waals surface area contributed by atoms with Gasteiger partial charge in [-0.15, -0.1) is 0 Å². The molecule has 1 aromatic carbocycles. The zero-order valence-electron chi connectivity index (χ0n) is 13.2. The highest BCUT2D eigenvalue weighted by Gasteiger charge is 2.16. The Hall–Kier alpha value is -2.23. The molecule has 0 aliphatic rings. The average Bonchev–Trinajstić information content (AvgIpc) is 2.49. The van der Waals surface area contributed by atoms with Crippen LogP contribution in [-0.4, -0.2) is 16.8 Å². The SMILES string of the molecule is Cc1nn(C[NH+](C)Cc2c(F)cccc2Cl)c(=O)c(C#N)c1C. The van der Waals surface area contributed by atoms with Crippen LogP contribution in [0.2, 0.25) is 5.02 Å².